The van der Waals surface area contributed by atoms with Gasteiger partial charge in [-0.3, -0.25) is 0 Å². The Bertz CT molecular complexity index is 873. The minimum absolute atomic E-state index is 0.0400. The summed E-state index contributed by atoms with van der Waals surface area (Å²) in [6, 6.07) is 8.79. The van der Waals surface area contributed by atoms with Crippen LogP contribution in [-0.4, -0.2) is 25.5 Å². The van der Waals surface area contributed by atoms with Crippen molar-refractivity contribution in [2.45, 2.75) is 16.7 Å². The molecule has 2 rings (SSSR count). The number of nitrogens with two attached hydrogens (primary N) is 1. The maximum absolute atomic E-state index is 12.7. The van der Waals surface area contributed by atoms with Crippen molar-refractivity contribution < 1.29 is 23.1 Å². The Balaban J connectivity index is 2.69. The third-order valence-corrected chi connectivity index (χ3v) is 4.93. The van der Waals surface area contributed by atoms with Crippen molar-refractivity contribution in [2.24, 2.45) is 5.73 Å². The van der Waals surface area contributed by atoms with Gasteiger partial charge in [-0.2, -0.15) is 0 Å². The third kappa shape index (κ3) is 3.32. The fourth-order valence-corrected chi connectivity index (χ4v) is 3.53. The molecule has 0 radical (unpaired) electrons. The van der Waals surface area contributed by atoms with Gasteiger partial charge in [0.25, 0.3) is 0 Å². The molecule has 0 fully saturated rings. The van der Waals surface area contributed by atoms with E-state index in [0.29, 0.717) is 0 Å². The first-order valence-electron chi connectivity index (χ1n) is 6.48. The minimum atomic E-state index is -4.06. The highest BCUT2D eigenvalue weighted by atomic mass is 32.2. The summed E-state index contributed by atoms with van der Waals surface area (Å²) in [6.45, 7) is 1.80. The number of amides is 2. The molecule has 2 amide bonds. The highest BCUT2D eigenvalue weighted by molar-refractivity contribution is 7.91. The summed E-state index contributed by atoms with van der Waals surface area (Å²) in [7, 11) is -4.06. The van der Waals surface area contributed by atoms with Crippen LogP contribution in [0.2, 0.25) is 0 Å². The molecule has 4 N–H and O–H groups in total. The zero-order valence-corrected chi connectivity index (χ0v) is 12.9. The first-order chi connectivity index (χ1) is 10.7. The van der Waals surface area contributed by atoms with E-state index in [1.807, 2.05) is 0 Å². The minimum Gasteiger partial charge on any atom is -0.478 e. The summed E-state index contributed by atoms with van der Waals surface area (Å²) in [4.78, 5) is 22.0. The molecule has 0 saturated carbocycles. The maximum Gasteiger partial charge on any atom is 0.339 e. The molecule has 23 heavy (non-hydrogen) atoms. The Hall–Kier alpha value is -2.87. The number of hydrogen-bond acceptors (Lipinski definition) is 4. The van der Waals surface area contributed by atoms with Crippen molar-refractivity contribution >= 4 is 27.5 Å². The van der Waals surface area contributed by atoms with Gasteiger partial charge in [0.15, 0.2) is 0 Å². The normalized spacial score (nSPS) is 11.0. The smallest absolute Gasteiger partial charge is 0.339 e. The molecule has 0 spiro atoms. The average Bonchev–Trinajstić information content (AvgIpc) is 2.46. The molecule has 0 bridgehead atoms. The van der Waals surface area contributed by atoms with Gasteiger partial charge in [-0.05, 0) is 31.2 Å². The first kappa shape index (κ1) is 16.5. The zero-order valence-electron chi connectivity index (χ0n) is 12.1. The predicted molar refractivity (Wildman–Crippen MR) is 83.2 cm³/mol. The fourth-order valence-electron chi connectivity index (χ4n) is 2.06. The van der Waals surface area contributed by atoms with Gasteiger partial charge in [0.1, 0.15) is 5.56 Å². The van der Waals surface area contributed by atoms with Crippen molar-refractivity contribution in [3.05, 3.63) is 53.6 Å². The largest absolute Gasteiger partial charge is 0.478 e. The number of carbonyl (C=O) groups is 2. The van der Waals surface area contributed by atoms with E-state index in [9.17, 15) is 23.1 Å². The number of aromatic carboxylic acids is 1. The number of anilines is 1. The maximum atomic E-state index is 12.7. The highest BCUT2D eigenvalue weighted by Gasteiger charge is 2.27. The number of benzene rings is 2. The van der Waals surface area contributed by atoms with Gasteiger partial charge in [-0.15, -0.1) is 0 Å². The zero-order chi connectivity index (χ0) is 17.2. The van der Waals surface area contributed by atoms with Gasteiger partial charge in [0.2, 0.25) is 9.84 Å². The molecule has 2 aromatic carbocycles. The van der Waals surface area contributed by atoms with Crippen LogP contribution in [0, 0.1) is 6.92 Å². The van der Waals surface area contributed by atoms with E-state index in [1.165, 1.54) is 30.3 Å². The van der Waals surface area contributed by atoms with Crippen LogP contribution in [0.1, 0.15) is 15.9 Å². The summed E-state index contributed by atoms with van der Waals surface area (Å²) in [5.41, 5.74) is 5.14. The summed E-state index contributed by atoms with van der Waals surface area (Å²) in [5, 5.41) is 11.5. The van der Waals surface area contributed by atoms with Gasteiger partial charge < -0.3 is 16.2 Å². The lowest BCUT2D eigenvalue weighted by atomic mass is 10.2. The lowest BCUT2D eigenvalue weighted by Crippen LogP contribution is -2.22. The van der Waals surface area contributed by atoms with E-state index in [-0.39, 0.29) is 10.6 Å². The van der Waals surface area contributed by atoms with Gasteiger partial charge in [-0.25, -0.2) is 18.0 Å². The van der Waals surface area contributed by atoms with Crippen LogP contribution in [0.4, 0.5) is 10.5 Å². The number of urea groups is 1. The lowest BCUT2D eigenvalue weighted by molar-refractivity contribution is 0.0694. The molecule has 0 aliphatic heterocycles. The van der Waals surface area contributed by atoms with Crippen LogP contribution < -0.4 is 11.1 Å². The molecule has 0 atom stereocenters. The molecule has 8 heteroatoms. The number of carboxylic acids is 1. The summed E-state index contributed by atoms with van der Waals surface area (Å²) >= 11 is 0. The highest BCUT2D eigenvalue weighted by Crippen LogP contribution is 2.29. The number of hydrogen-bond donors (Lipinski definition) is 3. The lowest BCUT2D eigenvalue weighted by Gasteiger charge is -2.12. The quantitative estimate of drug-likeness (QED) is 0.788. The number of sulfone groups is 1. The second-order valence-electron chi connectivity index (χ2n) is 4.79. The molecule has 2 aromatic rings. The number of nitrogens with one attached hydrogen (secondary N) is 1. The monoisotopic (exact) mass is 334 g/mol. The van der Waals surface area contributed by atoms with Gasteiger partial charge in [-0.1, -0.05) is 23.8 Å². The number of primary amides is 1. The SMILES string of the molecule is Cc1ccc(S(=O)(=O)c2cccc(NC(N)=O)c2C(=O)O)cc1. The van der Waals surface area contributed by atoms with E-state index in [2.05, 4.69) is 5.32 Å². The van der Waals surface area contributed by atoms with Crippen molar-refractivity contribution in [1.82, 2.24) is 0 Å². The Kier molecular flexibility index (Phi) is 4.37. The Morgan fingerprint density at radius 2 is 1.70 bits per heavy atom. The van der Waals surface area contributed by atoms with Crippen LogP contribution in [0.15, 0.2) is 52.3 Å². The first-order valence-corrected chi connectivity index (χ1v) is 7.96. The summed E-state index contributed by atoms with van der Waals surface area (Å²) < 4.78 is 25.4. The second-order valence-corrected chi connectivity index (χ2v) is 6.71. The Morgan fingerprint density at radius 3 is 2.22 bits per heavy atom. The molecule has 0 aliphatic carbocycles. The van der Waals surface area contributed by atoms with Crippen LogP contribution in [0.5, 0.6) is 0 Å². The number of carbonyl (C=O) groups excluding carboxylic acids is 1. The van der Waals surface area contributed by atoms with Crippen molar-refractivity contribution in [3.8, 4) is 0 Å². The molecule has 0 aromatic heterocycles. The van der Waals surface area contributed by atoms with E-state index in [1.54, 1.807) is 19.1 Å². The van der Waals surface area contributed by atoms with Crippen molar-refractivity contribution in [3.63, 3.8) is 0 Å². The molecular formula is C15H14N2O5S. The average molecular weight is 334 g/mol. The van der Waals surface area contributed by atoms with Gasteiger partial charge in [0.05, 0.1) is 15.5 Å². The standard InChI is InChI=1S/C15H14N2O5S/c1-9-5-7-10(8-6-9)23(21,22)12-4-2-3-11(17-15(16)20)13(12)14(18)19/h2-8H,1H3,(H,18,19)(H3,16,17,20). The van der Waals surface area contributed by atoms with E-state index < -0.39 is 32.3 Å². The number of carboxylic acid groups (broad SMARTS) is 1. The van der Waals surface area contributed by atoms with E-state index in [4.69, 9.17) is 5.73 Å². The van der Waals surface area contributed by atoms with Crippen LogP contribution in [0.3, 0.4) is 0 Å². The summed E-state index contributed by atoms with van der Waals surface area (Å²) in [5.74, 6) is -1.49. The van der Waals surface area contributed by atoms with Gasteiger partial charge >= 0.3 is 12.0 Å². The molecular weight excluding hydrogens is 320 g/mol. The predicted octanol–water partition coefficient (Wildman–Crippen LogP) is 2.02. The van der Waals surface area contributed by atoms with Crippen molar-refractivity contribution in [2.75, 3.05) is 5.32 Å². The van der Waals surface area contributed by atoms with E-state index in [0.717, 1.165) is 5.56 Å². The molecule has 0 heterocycles. The molecule has 0 saturated heterocycles. The van der Waals surface area contributed by atoms with E-state index >= 15 is 0 Å². The Labute approximate surface area is 132 Å². The van der Waals surface area contributed by atoms with Crippen LogP contribution in [-0.2, 0) is 9.84 Å². The van der Waals surface area contributed by atoms with Crippen LogP contribution >= 0.6 is 0 Å². The fraction of sp³-hybridized carbons (Fsp3) is 0.0667. The van der Waals surface area contributed by atoms with Gasteiger partial charge in [0, 0.05) is 0 Å². The Morgan fingerprint density at radius 1 is 1.09 bits per heavy atom. The number of rotatable bonds is 4. The van der Waals surface area contributed by atoms with Crippen LogP contribution in [0.25, 0.3) is 0 Å². The molecule has 120 valence electrons. The van der Waals surface area contributed by atoms with Crippen molar-refractivity contribution in [1.29, 1.82) is 0 Å². The molecule has 0 aliphatic rings. The number of aryl methyl sites for hydroxylation is 1. The molecule has 7 nitrogen and oxygen atoms in total. The third-order valence-electron chi connectivity index (χ3n) is 3.12. The topological polar surface area (TPSA) is 127 Å². The summed E-state index contributed by atoms with van der Waals surface area (Å²) in [6.07, 6.45) is 0. The molecule has 0 unspecified atom stereocenters. The second kappa shape index (κ2) is 6.09.